The third-order valence-corrected chi connectivity index (χ3v) is 4.09. The molecule has 148 valence electrons. The van der Waals surface area contributed by atoms with Crippen molar-refractivity contribution < 1.29 is 23.8 Å². The molecule has 0 bridgehead atoms. The van der Waals surface area contributed by atoms with Crippen LogP contribution in [0.25, 0.3) is 0 Å². The van der Waals surface area contributed by atoms with Crippen LogP contribution in [0, 0.1) is 0 Å². The van der Waals surface area contributed by atoms with Crippen molar-refractivity contribution in [1.82, 2.24) is 0 Å². The molecule has 0 saturated carbocycles. The van der Waals surface area contributed by atoms with E-state index in [9.17, 15) is 9.59 Å². The molecule has 0 aliphatic carbocycles. The molecule has 1 N–H and O–H groups in total. The first-order valence-corrected chi connectivity index (χ1v) is 9.02. The molecule has 29 heavy (non-hydrogen) atoms. The van der Waals surface area contributed by atoms with Crippen LogP contribution in [0.15, 0.2) is 78.9 Å². The van der Waals surface area contributed by atoms with Crippen molar-refractivity contribution in [1.29, 1.82) is 0 Å². The zero-order chi connectivity index (χ0) is 20.5. The molecule has 1 amide bonds. The highest BCUT2D eigenvalue weighted by Gasteiger charge is 2.17. The first-order valence-electron chi connectivity index (χ1n) is 9.02. The number of methoxy groups -OCH3 is 1. The predicted octanol–water partition coefficient (Wildman–Crippen LogP) is 4.80. The Labute approximate surface area is 169 Å². The zero-order valence-electron chi connectivity index (χ0n) is 16.0. The van der Waals surface area contributed by atoms with E-state index in [0.29, 0.717) is 12.4 Å². The fourth-order valence-corrected chi connectivity index (χ4v) is 2.59. The smallest absolute Gasteiger partial charge is 0.411 e. The number of hydrogen-bond donors (Lipinski definition) is 1. The minimum Gasteiger partial charge on any atom is -0.489 e. The number of esters is 1. The Bertz CT molecular complexity index is 958. The average molecular weight is 391 g/mol. The lowest BCUT2D eigenvalue weighted by Gasteiger charge is -2.13. The maximum atomic E-state index is 12.7. The molecule has 0 aliphatic rings. The summed E-state index contributed by atoms with van der Waals surface area (Å²) >= 11 is 0. The molecule has 0 aliphatic heterocycles. The fourth-order valence-electron chi connectivity index (χ4n) is 2.59. The van der Waals surface area contributed by atoms with E-state index in [2.05, 4.69) is 10.1 Å². The first kappa shape index (κ1) is 19.9. The van der Waals surface area contributed by atoms with Gasteiger partial charge in [0.1, 0.15) is 19.0 Å². The molecule has 0 saturated heterocycles. The molecule has 0 spiro atoms. The second-order valence-electron chi connectivity index (χ2n) is 6.16. The standard InChI is InChI=1S/C23H21NO5/c1-27-23(26)24-21-13-12-19(28-15-17-8-4-2-5-9-17)14-20(21)22(25)29-16-18-10-6-3-7-11-18/h2-14H,15-16H2,1H3,(H,24,26). The van der Waals surface area contributed by atoms with Crippen molar-refractivity contribution >= 4 is 17.7 Å². The molecule has 0 atom stereocenters. The van der Waals surface area contributed by atoms with E-state index >= 15 is 0 Å². The Morgan fingerprint density at radius 3 is 2.07 bits per heavy atom. The number of amides is 1. The summed E-state index contributed by atoms with van der Waals surface area (Å²) in [6.45, 7) is 0.468. The molecule has 6 heteroatoms. The number of nitrogens with one attached hydrogen (secondary N) is 1. The Morgan fingerprint density at radius 2 is 1.45 bits per heavy atom. The summed E-state index contributed by atoms with van der Waals surface area (Å²) < 4.78 is 15.8. The summed E-state index contributed by atoms with van der Waals surface area (Å²) in [5.74, 6) is -0.0960. The third kappa shape index (κ3) is 5.84. The minimum absolute atomic E-state index is 0.117. The molecular formula is C23H21NO5. The number of anilines is 1. The van der Waals surface area contributed by atoms with Gasteiger partial charge in [-0.05, 0) is 29.3 Å². The lowest BCUT2D eigenvalue weighted by Crippen LogP contribution is -2.15. The number of carbonyl (C=O) groups excluding carboxylic acids is 2. The molecule has 0 fully saturated rings. The van der Waals surface area contributed by atoms with Crippen LogP contribution in [0.4, 0.5) is 10.5 Å². The monoisotopic (exact) mass is 391 g/mol. The van der Waals surface area contributed by atoms with Crippen LogP contribution in [-0.4, -0.2) is 19.2 Å². The second kappa shape index (κ2) is 9.94. The summed E-state index contributed by atoms with van der Waals surface area (Å²) in [5.41, 5.74) is 2.32. The van der Waals surface area contributed by atoms with Gasteiger partial charge in [-0.15, -0.1) is 0 Å². The van der Waals surface area contributed by atoms with Crippen LogP contribution in [0.3, 0.4) is 0 Å². The van der Waals surface area contributed by atoms with Gasteiger partial charge in [-0.1, -0.05) is 60.7 Å². The second-order valence-corrected chi connectivity index (χ2v) is 6.16. The number of rotatable bonds is 7. The number of hydrogen-bond acceptors (Lipinski definition) is 5. The van der Waals surface area contributed by atoms with Gasteiger partial charge in [0.25, 0.3) is 0 Å². The van der Waals surface area contributed by atoms with Crippen LogP contribution in [0.2, 0.25) is 0 Å². The van der Waals surface area contributed by atoms with Crippen molar-refractivity contribution in [2.75, 3.05) is 12.4 Å². The third-order valence-electron chi connectivity index (χ3n) is 4.09. The molecule has 0 aromatic heterocycles. The van der Waals surface area contributed by atoms with Gasteiger partial charge in [0, 0.05) is 0 Å². The van der Waals surface area contributed by atoms with Crippen LogP contribution in [0.5, 0.6) is 5.75 Å². The lowest BCUT2D eigenvalue weighted by molar-refractivity contribution is 0.0473. The molecule has 3 aromatic rings. The van der Waals surface area contributed by atoms with E-state index in [-0.39, 0.29) is 17.9 Å². The quantitative estimate of drug-likeness (QED) is 0.586. The lowest BCUT2D eigenvalue weighted by atomic mass is 10.1. The Kier molecular flexibility index (Phi) is 6.84. The normalized spacial score (nSPS) is 10.1. The molecule has 0 heterocycles. The Balaban J connectivity index is 1.76. The molecule has 0 radical (unpaired) electrons. The van der Waals surface area contributed by atoms with Crippen molar-refractivity contribution in [3.63, 3.8) is 0 Å². The highest BCUT2D eigenvalue weighted by Crippen LogP contribution is 2.24. The van der Waals surface area contributed by atoms with Crippen LogP contribution >= 0.6 is 0 Å². The van der Waals surface area contributed by atoms with Crippen molar-refractivity contribution in [3.8, 4) is 5.75 Å². The summed E-state index contributed by atoms with van der Waals surface area (Å²) in [4.78, 5) is 24.3. The fraction of sp³-hybridized carbons (Fsp3) is 0.130. The van der Waals surface area contributed by atoms with Gasteiger partial charge >= 0.3 is 12.1 Å². The first-order chi connectivity index (χ1) is 14.2. The van der Waals surface area contributed by atoms with Gasteiger partial charge in [-0.2, -0.15) is 0 Å². The van der Waals surface area contributed by atoms with E-state index in [0.717, 1.165) is 11.1 Å². The largest absolute Gasteiger partial charge is 0.489 e. The van der Waals surface area contributed by atoms with E-state index in [1.807, 2.05) is 60.7 Å². The summed E-state index contributed by atoms with van der Waals surface area (Å²) in [7, 11) is 1.25. The summed E-state index contributed by atoms with van der Waals surface area (Å²) in [5, 5.41) is 2.52. The van der Waals surface area contributed by atoms with E-state index in [1.165, 1.54) is 7.11 Å². The van der Waals surface area contributed by atoms with Crippen LogP contribution < -0.4 is 10.1 Å². The van der Waals surface area contributed by atoms with Gasteiger partial charge in [0.05, 0.1) is 18.4 Å². The summed E-state index contributed by atoms with van der Waals surface area (Å²) in [6.07, 6.45) is -0.680. The number of benzene rings is 3. The molecule has 3 aromatic carbocycles. The van der Waals surface area contributed by atoms with Crippen molar-refractivity contribution in [2.45, 2.75) is 13.2 Å². The Morgan fingerprint density at radius 1 is 0.828 bits per heavy atom. The zero-order valence-corrected chi connectivity index (χ0v) is 16.0. The van der Waals surface area contributed by atoms with Crippen LogP contribution in [0.1, 0.15) is 21.5 Å². The number of ether oxygens (including phenoxy) is 3. The van der Waals surface area contributed by atoms with Gasteiger partial charge < -0.3 is 14.2 Å². The molecular weight excluding hydrogens is 370 g/mol. The number of carbonyl (C=O) groups is 2. The highest BCUT2D eigenvalue weighted by molar-refractivity contribution is 6.00. The Hall–Kier alpha value is -3.80. The topological polar surface area (TPSA) is 73.9 Å². The SMILES string of the molecule is COC(=O)Nc1ccc(OCc2ccccc2)cc1C(=O)OCc1ccccc1. The average Bonchev–Trinajstić information content (AvgIpc) is 2.78. The predicted molar refractivity (Wildman–Crippen MR) is 109 cm³/mol. The van der Waals surface area contributed by atoms with Gasteiger partial charge in [0.2, 0.25) is 0 Å². The maximum absolute atomic E-state index is 12.7. The maximum Gasteiger partial charge on any atom is 0.411 e. The molecule has 6 nitrogen and oxygen atoms in total. The van der Waals surface area contributed by atoms with E-state index in [1.54, 1.807) is 18.2 Å². The van der Waals surface area contributed by atoms with Gasteiger partial charge in [-0.25, -0.2) is 9.59 Å². The highest BCUT2D eigenvalue weighted by atomic mass is 16.5. The minimum atomic E-state index is -0.680. The van der Waals surface area contributed by atoms with Gasteiger partial charge in [0.15, 0.2) is 0 Å². The van der Waals surface area contributed by atoms with E-state index in [4.69, 9.17) is 9.47 Å². The summed E-state index contributed by atoms with van der Waals surface area (Å²) in [6, 6.07) is 23.8. The van der Waals surface area contributed by atoms with Crippen molar-refractivity contribution in [2.24, 2.45) is 0 Å². The molecule has 0 unspecified atom stereocenters. The van der Waals surface area contributed by atoms with E-state index < -0.39 is 12.1 Å². The van der Waals surface area contributed by atoms with Crippen LogP contribution in [-0.2, 0) is 22.7 Å². The molecule has 3 rings (SSSR count). The van der Waals surface area contributed by atoms with Crippen molar-refractivity contribution in [3.05, 3.63) is 95.6 Å². The van der Waals surface area contributed by atoms with Gasteiger partial charge in [-0.3, -0.25) is 5.32 Å².